The van der Waals surface area contributed by atoms with Crippen molar-refractivity contribution in [2.45, 2.75) is 46.7 Å². The van der Waals surface area contributed by atoms with E-state index in [9.17, 15) is 24.9 Å². The van der Waals surface area contributed by atoms with Gasteiger partial charge < -0.3 is 25.7 Å². The van der Waals surface area contributed by atoms with Gasteiger partial charge in [0, 0.05) is 61.7 Å². The van der Waals surface area contributed by atoms with Crippen molar-refractivity contribution in [1.29, 1.82) is 0 Å². The number of pyridine rings is 8. The molecule has 0 saturated carbocycles. The fourth-order valence-electron chi connectivity index (χ4n) is 6.08. The van der Waals surface area contributed by atoms with Crippen molar-refractivity contribution in [2.75, 3.05) is 19.8 Å². The standard InChI is InChI=1S/C16H21N3O3.C12H10N2O2.C12H10N2O.C12H12N2.O2Se/c1-12-2-4-17-14(6-12)15-7-13(3-5-18-15)8-19-16(9-20,10-21)11-22;1-8-2-4-13-10(6-8)11-7-9(12(15)16)3-5-14-11;1-9-2-4-13-11(6-9)12-7-10(8-15)3-5-14-12;1-9-3-5-13-11(7-9)12-8-10(2)4-6-14-12;1-3-2/h2-7,19-22H,8-11H2,1H3;2-7H,1H3,(H,15,16);2-8H,1H3;3-8H,1-2H3;. The van der Waals surface area contributed by atoms with Gasteiger partial charge in [-0.05, 0) is 165 Å². The quantitative estimate of drug-likeness (QED) is 0.0621. The number of nitrogens with one attached hydrogen (secondary N) is 1. The van der Waals surface area contributed by atoms with Crippen LogP contribution in [0, 0.1) is 34.6 Å². The summed E-state index contributed by atoms with van der Waals surface area (Å²) in [4.78, 5) is 55.3. The molecule has 0 aliphatic carbocycles. The topological polar surface area (TPSA) is 264 Å². The summed E-state index contributed by atoms with van der Waals surface area (Å²) in [5.41, 5.74) is 12.6. The van der Waals surface area contributed by atoms with E-state index >= 15 is 0 Å². The van der Waals surface area contributed by atoms with E-state index < -0.39 is 26.3 Å². The Kier molecular flexibility index (Phi) is 22.4. The zero-order valence-corrected chi connectivity index (χ0v) is 40.9. The van der Waals surface area contributed by atoms with Gasteiger partial charge in [-0.2, -0.15) is 0 Å². The molecular formula is C52H53N9O8Se. The van der Waals surface area contributed by atoms with Crippen molar-refractivity contribution in [3.05, 3.63) is 191 Å². The molecular weight excluding hydrogens is 958 g/mol. The fourth-order valence-corrected chi connectivity index (χ4v) is 6.08. The summed E-state index contributed by atoms with van der Waals surface area (Å²) >= 11 is -1.62. The molecule has 8 aromatic rings. The first-order chi connectivity index (χ1) is 33.7. The van der Waals surface area contributed by atoms with Crippen LogP contribution >= 0.6 is 0 Å². The molecule has 8 heterocycles. The summed E-state index contributed by atoms with van der Waals surface area (Å²) in [7, 11) is 0. The molecule has 18 heteroatoms. The predicted octanol–water partition coefficient (Wildman–Crippen LogP) is 6.81. The van der Waals surface area contributed by atoms with Gasteiger partial charge in [0.1, 0.15) is 6.29 Å². The maximum absolute atomic E-state index is 10.8. The van der Waals surface area contributed by atoms with Crippen molar-refractivity contribution in [2.24, 2.45) is 0 Å². The van der Waals surface area contributed by atoms with Crippen LogP contribution in [0.5, 0.6) is 0 Å². The number of rotatable bonds is 12. The summed E-state index contributed by atoms with van der Waals surface area (Å²) in [5, 5.41) is 39.8. The van der Waals surface area contributed by atoms with E-state index in [1.54, 1.807) is 43.1 Å². The van der Waals surface area contributed by atoms with Gasteiger partial charge in [-0.1, -0.05) is 0 Å². The van der Waals surface area contributed by atoms with Gasteiger partial charge in [0.25, 0.3) is 0 Å². The molecule has 0 aliphatic heterocycles. The van der Waals surface area contributed by atoms with Gasteiger partial charge in [0.05, 0.1) is 76.5 Å². The Balaban J connectivity index is 0.000000202. The Bertz CT molecular complexity index is 2930. The van der Waals surface area contributed by atoms with E-state index in [4.69, 9.17) is 12.8 Å². The zero-order chi connectivity index (χ0) is 50.9. The number of hydrogen-bond donors (Lipinski definition) is 5. The summed E-state index contributed by atoms with van der Waals surface area (Å²) in [5.74, 6) is -0.962. The first kappa shape index (κ1) is 54.9. The van der Waals surface area contributed by atoms with Crippen LogP contribution < -0.4 is 5.32 Å². The van der Waals surface area contributed by atoms with Crippen LogP contribution in [0.15, 0.2) is 147 Å². The molecule has 17 nitrogen and oxygen atoms in total. The monoisotopic (exact) mass is 1010 g/mol. The predicted molar refractivity (Wildman–Crippen MR) is 264 cm³/mol. The van der Waals surface area contributed by atoms with Crippen molar-refractivity contribution in [3.63, 3.8) is 0 Å². The Labute approximate surface area is 411 Å². The van der Waals surface area contributed by atoms with E-state index in [2.05, 4.69) is 59.0 Å². The second-order valence-corrected chi connectivity index (χ2v) is 15.9. The number of aliphatic hydroxyl groups is 3. The fraction of sp³-hybridized carbons (Fsp3) is 0.192. The van der Waals surface area contributed by atoms with Crippen LogP contribution in [0.2, 0.25) is 0 Å². The summed E-state index contributed by atoms with van der Waals surface area (Å²) in [6, 6.07) is 29.7. The number of hydrogen-bond acceptors (Lipinski definition) is 16. The molecule has 5 N–H and O–H groups in total. The van der Waals surface area contributed by atoms with E-state index in [1.165, 1.54) is 29.5 Å². The van der Waals surface area contributed by atoms with Crippen molar-refractivity contribution >= 4 is 27.1 Å². The third-order valence-electron chi connectivity index (χ3n) is 9.95. The summed E-state index contributed by atoms with van der Waals surface area (Å²) < 4.78 is 16.9. The van der Waals surface area contributed by atoms with E-state index in [-0.39, 0.29) is 25.4 Å². The maximum atomic E-state index is 10.8. The molecule has 0 amide bonds. The minimum absolute atomic E-state index is 0.216. The Morgan fingerprint density at radius 3 is 1.11 bits per heavy atom. The number of nitrogens with zero attached hydrogens (tertiary/aromatic N) is 8. The van der Waals surface area contributed by atoms with Gasteiger partial charge in [-0.15, -0.1) is 0 Å². The zero-order valence-electron chi connectivity index (χ0n) is 39.2. The first-order valence-electron chi connectivity index (χ1n) is 21.5. The van der Waals surface area contributed by atoms with Gasteiger partial charge >= 0.3 is 28.5 Å². The van der Waals surface area contributed by atoms with Crippen LogP contribution in [-0.4, -0.2) is 113 Å². The number of carbonyl (C=O) groups excluding carboxylic acids is 1. The molecule has 0 spiro atoms. The molecule has 0 aliphatic rings. The second-order valence-electron chi connectivity index (χ2n) is 15.6. The average molecular weight is 1010 g/mol. The molecule has 0 saturated heterocycles. The molecule has 0 fully saturated rings. The summed E-state index contributed by atoms with van der Waals surface area (Å²) in [6.07, 6.45) is 14.4. The number of aldehydes is 1. The van der Waals surface area contributed by atoms with Crippen molar-refractivity contribution < 1.29 is 37.7 Å². The minimum atomic E-state index is -1.62. The molecule has 0 radical (unpaired) electrons. The van der Waals surface area contributed by atoms with Crippen LogP contribution in [-0.2, 0) is 14.2 Å². The number of carboxylic acids is 1. The van der Waals surface area contributed by atoms with E-state index in [0.29, 0.717) is 23.5 Å². The molecule has 8 aromatic heterocycles. The van der Waals surface area contributed by atoms with Gasteiger partial charge in [-0.3, -0.25) is 44.7 Å². The van der Waals surface area contributed by atoms with Crippen LogP contribution in [0.1, 0.15) is 54.1 Å². The second kappa shape index (κ2) is 28.6. The first-order valence-corrected chi connectivity index (χ1v) is 22.8. The van der Waals surface area contributed by atoms with Crippen molar-refractivity contribution in [1.82, 2.24) is 45.2 Å². The van der Waals surface area contributed by atoms with Gasteiger partial charge in [0.2, 0.25) is 0 Å². The average Bonchev–Trinajstić information content (AvgIpc) is 3.38. The number of aryl methyl sites for hydroxylation is 5. The van der Waals surface area contributed by atoms with Crippen molar-refractivity contribution in [3.8, 4) is 45.6 Å². The van der Waals surface area contributed by atoms with Gasteiger partial charge in [0.15, 0.2) is 0 Å². The molecule has 0 atom stereocenters. The normalized spacial score (nSPS) is 10.3. The molecule has 70 heavy (non-hydrogen) atoms. The molecule has 0 aromatic carbocycles. The molecule has 0 unspecified atom stereocenters. The van der Waals surface area contributed by atoms with E-state index in [1.807, 2.05) is 106 Å². The third kappa shape index (κ3) is 17.7. The SMILES string of the molecule is Cc1ccnc(-c2cc(C(=O)O)ccn2)c1.Cc1ccnc(-c2cc(C)ccn2)c1.Cc1ccnc(-c2cc(C=O)ccn2)c1.Cc1ccnc(-c2cc(CNC(CO)(CO)CO)ccn2)c1.O=[Se]=O. The van der Waals surface area contributed by atoms with E-state index in [0.717, 1.165) is 62.7 Å². The van der Waals surface area contributed by atoms with Crippen LogP contribution in [0.4, 0.5) is 0 Å². The molecule has 360 valence electrons. The number of carbonyl (C=O) groups is 2. The number of carboxylic acid groups (broad SMARTS) is 1. The molecule has 8 rings (SSSR count). The number of aromatic nitrogens is 8. The Morgan fingerprint density at radius 1 is 0.486 bits per heavy atom. The Morgan fingerprint density at radius 2 is 0.786 bits per heavy atom. The third-order valence-corrected chi connectivity index (χ3v) is 9.95. The molecule has 0 bridgehead atoms. The number of aliphatic hydroxyl groups excluding tert-OH is 3. The van der Waals surface area contributed by atoms with Crippen LogP contribution in [0.25, 0.3) is 45.6 Å². The summed E-state index contributed by atoms with van der Waals surface area (Å²) in [6.45, 7) is 9.40. The number of aromatic carboxylic acids is 1. The Hall–Kier alpha value is -7.70. The van der Waals surface area contributed by atoms with Gasteiger partial charge in [-0.25, -0.2) is 4.79 Å². The van der Waals surface area contributed by atoms with Crippen LogP contribution in [0.3, 0.4) is 0 Å².